The number of anilines is 1. The van der Waals surface area contributed by atoms with Gasteiger partial charge in [-0.05, 0) is 45.5 Å². The fourth-order valence-electron chi connectivity index (χ4n) is 1.74. The van der Waals surface area contributed by atoms with Gasteiger partial charge in [-0.15, -0.1) is 5.10 Å². The van der Waals surface area contributed by atoms with E-state index in [1.165, 1.54) is 11.8 Å². The summed E-state index contributed by atoms with van der Waals surface area (Å²) in [6.07, 6.45) is 0. The van der Waals surface area contributed by atoms with Gasteiger partial charge >= 0.3 is 5.69 Å². The highest BCUT2D eigenvalue weighted by molar-refractivity contribution is 7.99. The molecular weight excluding hydrogens is 276 g/mol. The maximum absolute atomic E-state index is 11.7. The quantitative estimate of drug-likeness (QED) is 0.818. The van der Waals surface area contributed by atoms with Crippen LogP contribution in [0.2, 0.25) is 0 Å². The maximum atomic E-state index is 11.7. The van der Waals surface area contributed by atoms with Gasteiger partial charge in [-0.1, -0.05) is 0 Å². The minimum Gasteiger partial charge on any atom is -0.354 e. The van der Waals surface area contributed by atoms with Crippen LogP contribution in [0.4, 0.5) is 5.95 Å². The van der Waals surface area contributed by atoms with Crippen molar-refractivity contribution in [3.8, 4) is 0 Å². The van der Waals surface area contributed by atoms with Gasteiger partial charge < -0.3 is 5.32 Å². The minimum absolute atomic E-state index is 0.0416. The van der Waals surface area contributed by atoms with Gasteiger partial charge in [0.1, 0.15) is 5.03 Å². The summed E-state index contributed by atoms with van der Waals surface area (Å²) >= 11 is 1.35. The monoisotopic (exact) mass is 294 g/mol. The van der Waals surface area contributed by atoms with E-state index in [4.69, 9.17) is 0 Å². The number of hydrogen-bond acceptors (Lipinski definition) is 6. The normalized spacial score (nSPS) is 11.1. The molecule has 2 aromatic heterocycles. The molecule has 0 aliphatic rings. The van der Waals surface area contributed by atoms with E-state index in [0.717, 1.165) is 17.3 Å². The predicted octanol–water partition coefficient (Wildman–Crippen LogP) is 1.83. The van der Waals surface area contributed by atoms with Crippen molar-refractivity contribution in [1.82, 2.24) is 24.7 Å². The molecule has 0 unspecified atom stereocenters. The number of aromatic amines is 1. The molecule has 7 nitrogen and oxygen atoms in total. The zero-order chi connectivity index (χ0) is 14.7. The van der Waals surface area contributed by atoms with E-state index < -0.39 is 0 Å². The summed E-state index contributed by atoms with van der Waals surface area (Å²) < 4.78 is 1.61. The molecular formula is C12H18N6OS. The minimum atomic E-state index is -0.208. The lowest BCUT2D eigenvalue weighted by atomic mass is 10.4. The van der Waals surface area contributed by atoms with Gasteiger partial charge in [0.05, 0.1) is 0 Å². The second kappa shape index (κ2) is 6.08. The van der Waals surface area contributed by atoms with E-state index in [9.17, 15) is 4.79 Å². The summed E-state index contributed by atoms with van der Waals surface area (Å²) in [5, 5.41) is 11.0. The van der Waals surface area contributed by atoms with E-state index >= 15 is 0 Å². The zero-order valence-corrected chi connectivity index (χ0v) is 12.8. The Balaban J connectivity index is 2.32. The van der Waals surface area contributed by atoms with Gasteiger partial charge in [0.2, 0.25) is 5.95 Å². The Kier molecular flexibility index (Phi) is 4.43. The lowest BCUT2D eigenvalue weighted by Gasteiger charge is -2.09. The average Bonchev–Trinajstić information content (AvgIpc) is 2.70. The van der Waals surface area contributed by atoms with E-state index in [1.54, 1.807) is 4.57 Å². The third-order valence-corrected chi connectivity index (χ3v) is 3.44. The van der Waals surface area contributed by atoms with E-state index in [-0.39, 0.29) is 11.7 Å². The highest BCUT2D eigenvalue weighted by atomic mass is 32.2. The number of nitrogens with zero attached hydrogens (tertiary/aromatic N) is 4. The summed E-state index contributed by atoms with van der Waals surface area (Å²) in [6.45, 7) is 8.54. The van der Waals surface area contributed by atoms with E-state index in [0.29, 0.717) is 11.1 Å². The van der Waals surface area contributed by atoms with Gasteiger partial charge in [-0.2, -0.15) is 0 Å². The van der Waals surface area contributed by atoms with Crippen molar-refractivity contribution in [1.29, 1.82) is 0 Å². The topological polar surface area (TPSA) is 88.5 Å². The smallest absolute Gasteiger partial charge is 0.344 e. The molecule has 0 bridgehead atoms. The van der Waals surface area contributed by atoms with Crippen LogP contribution >= 0.6 is 11.8 Å². The number of aryl methyl sites for hydroxylation is 1. The second-order valence-corrected chi connectivity index (χ2v) is 5.57. The molecule has 0 atom stereocenters. The summed E-state index contributed by atoms with van der Waals surface area (Å²) in [6, 6.07) is 1.91. The molecule has 20 heavy (non-hydrogen) atoms. The first-order valence-electron chi connectivity index (χ1n) is 6.45. The SMILES string of the molecule is CCNc1nc(C)cc(Sc2n[nH]c(=O)n2C(C)C)n1. The number of H-pyrrole nitrogens is 1. The first-order chi connectivity index (χ1) is 9.51. The van der Waals surface area contributed by atoms with Crippen molar-refractivity contribution >= 4 is 17.7 Å². The van der Waals surface area contributed by atoms with Crippen molar-refractivity contribution in [2.45, 2.75) is 43.9 Å². The maximum Gasteiger partial charge on any atom is 0.344 e. The lowest BCUT2D eigenvalue weighted by Crippen LogP contribution is -2.19. The van der Waals surface area contributed by atoms with Crippen LogP contribution in [0.25, 0.3) is 0 Å². The largest absolute Gasteiger partial charge is 0.354 e. The lowest BCUT2D eigenvalue weighted by molar-refractivity contribution is 0.534. The van der Waals surface area contributed by atoms with Crippen molar-refractivity contribution in [2.75, 3.05) is 11.9 Å². The van der Waals surface area contributed by atoms with Crippen LogP contribution in [0.3, 0.4) is 0 Å². The first kappa shape index (κ1) is 14.6. The number of rotatable bonds is 5. The van der Waals surface area contributed by atoms with Crippen molar-refractivity contribution in [3.63, 3.8) is 0 Å². The molecule has 0 aliphatic carbocycles. The van der Waals surface area contributed by atoms with Gasteiger partial charge in [-0.3, -0.25) is 4.57 Å². The van der Waals surface area contributed by atoms with Crippen LogP contribution in [0.5, 0.6) is 0 Å². The van der Waals surface area contributed by atoms with Gasteiger partial charge in [0, 0.05) is 18.3 Å². The highest BCUT2D eigenvalue weighted by Gasteiger charge is 2.14. The van der Waals surface area contributed by atoms with Crippen LogP contribution in [-0.4, -0.2) is 31.3 Å². The third kappa shape index (κ3) is 3.19. The fourth-order valence-corrected chi connectivity index (χ4v) is 2.77. The van der Waals surface area contributed by atoms with Crippen LogP contribution in [-0.2, 0) is 0 Å². The molecule has 0 amide bonds. The molecule has 0 fully saturated rings. The summed E-state index contributed by atoms with van der Waals surface area (Å²) in [4.78, 5) is 20.4. The highest BCUT2D eigenvalue weighted by Crippen LogP contribution is 2.26. The molecule has 108 valence electrons. The number of aromatic nitrogens is 5. The molecule has 0 saturated heterocycles. The molecule has 0 saturated carbocycles. The van der Waals surface area contributed by atoms with Gasteiger partial charge in [0.25, 0.3) is 0 Å². The number of hydrogen-bond donors (Lipinski definition) is 2. The fraction of sp³-hybridized carbons (Fsp3) is 0.500. The Labute approximate surface area is 121 Å². The average molecular weight is 294 g/mol. The third-order valence-electron chi connectivity index (χ3n) is 2.55. The molecule has 2 N–H and O–H groups in total. The van der Waals surface area contributed by atoms with Crippen LogP contribution in [0, 0.1) is 6.92 Å². The molecule has 2 heterocycles. The molecule has 0 radical (unpaired) electrons. The Hall–Kier alpha value is -1.83. The van der Waals surface area contributed by atoms with Crippen LogP contribution in [0.15, 0.2) is 21.0 Å². The van der Waals surface area contributed by atoms with Crippen LogP contribution in [0.1, 0.15) is 32.5 Å². The van der Waals surface area contributed by atoms with Crippen LogP contribution < -0.4 is 11.0 Å². The molecule has 0 spiro atoms. The predicted molar refractivity (Wildman–Crippen MR) is 78.3 cm³/mol. The Bertz CT molecular complexity index is 648. The van der Waals surface area contributed by atoms with Crippen molar-refractivity contribution in [3.05, 3.63) is 22.2 Å². The Morgan fingerprint density at radius 1 is 1.45 bits per heavy atom. The zero-order valence-electron chi connectivity index (χ0n) is 12.0. The van der Waals surface area contributed by atoms with E-state index in [2.05, 4.69) is 25.5 Å². The molecule has 2 aromatic rings. The Morgan fingerprint density at radius 3 is 2.85 bits per heavy atom. The molecule has 0 aromatic carbocycles. The van der Waals surface area contributed by atoms with Crippen molar-refractivity contribution < 1.29 is 0 Å². The van der Waals surface area contributed by atoms with Crippen molar-refractivity contribution in [2.24, 2.45) is 0 Å². The van der Waals surface area contributed by atoms with E-state index in [1.807, 2.05) is 33.8 Å². The number of nitrogens with one attached hydrogen (secondary N) is 2. The summed E-state index contributed by atoms with van der Waals surface area (Å²) in [5.41, 5.74) is 0.660. The molecule has 8 heteroatoms. The van der Waals surface area contributed by atoms with Gasteiger partial charge in [-0.25, -0.2) is 19.9 Å². The first-order valence-corrected chi connectivity index (χ1v) is 7.27. The molecule has 2 rings (SSSR count). The second-order valence-electron chi connectivity index (χ2n) is 4.58. The molecule has 0 aliphatic heterocycles. The summed E-state index contributed by atoms with van der Waals surface area (Å²) in [5.74, 6) is 0.587. The summed E-state index contributed by atoms with van der Waals surface area (Å²) in [7, 11) is 0. The standard InChI is InChI=1S/C12H18N6OS/c1-5-13-10-14-8(4)6-9(15-10)20-12-17-16-11(19)18(12)7(2)3/h6-7H,5H2,1-4H3,(H,16,19)(H,13,14,15). The Morgan fingerprint density at radius 2 is 2.20 bits per heavy atom. The van der Waals surface area contributed by atoms with Gasteiger partial charge in [0.15, 0.2) is 5.16 Å².